The summed E-state index contributed by atoms with van der Waals surface area (Å²) in [5, 5.41) is 13.2. The lowest BCUT2D eigenvalue weighted by Crippen LogP contribution is -2.25. The minimum atomic E-state index is -0.437. The number of para-hydroxylation sites is 1. The molecule has 0 aromatic heterocycles. The van der Waals surface area contributed by atoms with Gasteiger partial charge in [-0.15, -0.1) is 0 Å². The van der Waals surface area contributed by atoms with Crippen LogP contribution in [-0.4, -0.2) is 31.0 Å². The lowest BCUT2D eigenvalue weighted by molar-refractivity contribution is 0.0386. The summed E-state index contributed by atoms with van der Waals surface area (Å²) in [7, 11) is 0. The summed E-state index contributed by atoms with van der Waals surface area (Å²) in [5.74, 6) is 0.755. The molecule has 1 aromatic rings. The van der Waals surface area contributed by atoms with Gasteiger partial charge in [0.15, 0.2) is 0 Å². The van der Waals surface area contributed by atoms with Gasteiger partial charge in [0.25, 0.3) is 0 Å². The zero-order chi connectivity index (χ0) is 13.5. The molecule has 0 saturated heterocycles. The second-order valence-corrected chi connectivity index (χ2v) is 5.42. The van der Waals surface area contributed by atoms with Crippen LogP contribution in [0.15, 0.2) is 24.3 Å². The Kier molecular flexibility index (Phi) is 5.67. The van der Waals surface area contributed by atoms with Crippen LogP contribution in [0.1, 0.15) is 31.7 Å². The molecule has 0 aliphatic heterocycles. The SMILES string of the molecule is CCCc1ccccc1NCC(O)COCC1CC1. The Bertz CT molecular complexity index is 377. The number of benzene rings is 1. The van der Waals surface area contributed by atoms with Gasteiger partial charge in [0.2, 0.25) is 0 Å². The molecule has 1 fully saturated rings. The van der Waals surface area contributed by atoms with Crippen molar-refractivity contribution in [3.05, 3.63) is 29.8 Å². The molecule has 1 saturated carbocycles. The van der Waals surface area contributed by atoms with E-state index in [9.17, 15) is 5.11 Å². The van der Waals surface area contributed by atoms with Gasteiger partial charge in [-0.3, -0.25) is 0 Å². The predicted molar refractivity (Wildman–Crippen MR) is 78.5 cm³/mol. The maximum absolute atomic E-state index is 9.88. The van der Waals surface area contributed by atoms with Crippen molar-refractivity contribution in [2.24, 2.45) is 5.92 Å². The highest BCUT2D eigenvalue weighted by atomic mass is 16.5. The Morgan fingerprint density at radius 3 is 2.89 bits per heavy atom. The van der Waals surface area contributed by atoms with Crippen molar-refractivity contribution in [3.8, 4) is 0 Å². The molecule has 0 amide bonds. The van der Waals surface area contributed by atoms with Gasteiger partial charge in [-0.2, -0.15) is 0 Å². The molecule has 3 heteroatoms. The zero-order valence-electron chi connectivity index (χ0n) is 11.8. The zero-order valence-corrected chi connectivity index (χ0v) is 11.8. The van der Waals surface area contributed by atoms with Gasteiger partial charge in [-0.25, -0.2) is 0 Å². The molecule has 1 aliphatic carbocycles. The van der Waals surface area contributed by atoms with E-state index >= 15 is 0 Å². The maximum atomic E-state index is 9.88. The van der Waals surface area contributed by atoms with Gasteiger partial charge in [0.05, 0.1) is 12.7 Å². The standard InChI is InChI=1S/C16H25NO2/c1-2-5-14-6-3-4-7-16(14)17-10-15(18)12-19-11-13-8-9-13/h3-4,6-7,13,15,17-18H,2,5,8-12H2,1H3. The first-order valence-corrected chi connectivity index (χ1v) is 7.37. The fourth-order valence-electron chi connectivity index (χ4n) is 2.12. The van der Waals surface area contributed by atoms with Crippen molar-refractivity contribution in [1.82, 2.24) is 0 Å². The normalized spacial score (nSPS) is 16.3. The largest absolute Gasteiger partial charge is 0.389 e. The molecule has 1 atom stereocenters. The second-order valence-electron chi connectivity index (χ2n) is 5.42. The third kappa shape index (κ3) is 5.21. The van der Waals surface area contributed by atoms with E-state index in [0.717, 1.165) is 31.1 Å². The van der Waals surface area contributed by atoms with Crippen molar-refractivity contribution in [2.75, 3.05) is 25.1 Å². The predicted octanol–water partition coefficient (Wildman–Crippen LogP) is 2.84. The van der Waals surface area contributed by atoms with E-state index < -0.39 is 6.10 Å². The monoisotopic (exact) mass is 263 g/mol. The first-order valence-electron chi connectivity index (χ1n) is 7.37. The Morgan fingerprint density at radius 2 is 2.16 bits per heavy atom. The molecule has 0 bridgehead atoms. The third-order valence-corrected chi connectivity index (χ3v) is 3.43. The summed E-state index contributed by atoms with van der Waals surface area (Å²) in [5.41, 5.74) is 2.45. The quantitative estimate of drug-likeness (QED) is 0.720. The number of aliphatic hydroxyl groups excluding tert-OH is 1. The van der Waals surface area contributed by atoms with Crippen LogP contribution in [0.2, 0.25) is 0 Å². The molecular formula is C16H25NO2. The van der Waals surface area contributed by atoms with Crippen molar-refractivity contribution in [2.45, 2.75) is 38.7 Å². The Morgan fingerprint density at radius 1 is 1.37 bits per heavy atom. The summed E-state index contributed by atoms with van der Waals surface area (Å²) in [6.07, 6.45) is 4.34. The van der Waals surface area contributed by atoms with Gasteiger partial charge in [-0.1, -0.05) is 31.5 Å². The van der Waals surface area contributed by atoms with Gasteiger partial charge >= 0.3 is 0 Å². The molecule has 2 rings (SSSR count). The molecule has 0 heterocycles. The number of aryl methyl sites for hydroxylation is 1. The van der Waals surface area contributed by atoms with Gasteiger partial charge in [0.1, 0.15) is 0 Å². The fraction of sp³-hybridized carbons (Fsp3) is 0.625. The molecule has 3 nitrogen and oxygen atoms in total. The van der Waals surface area contributed by atoms with Crippen LogP contribution >= 0.6 is 0 Å². The van der Waals surface area contributed by atoms with Crippen LogP contribution in [0.3, 0.4) is 0 Å². The summed E-state index contributed by atoms with van der Waals surface area (Å²) < 4.78 is 5.50. The highest BCUT2D eigenvalue weighted by Gasteiger charge is 2.21. The third-order valence-electron chi connectivity index (χ3n) is 3.43. The fourth-order valence-corrected chi connectivity index (χ4v) is 2.12. The topological polar surface area (TPSA) is 41.5 Å². The van der Waals surface area contributed by atoms with Crippen LogP contribution in [0.25, 0.3) is 0 Å². The highest BCUT2D eigenvalue weighted by Crippen LogP contribution is 2.28. The Hall–Kier alpha value is -1.06. The second kappa shape index (κ2) is 7.51. The summed E-state index contributed by atoms with van der Waals surface area (Å²) >= 11 is 0. The number of rotatable bonds is 9. The molecular weight excluding hydrogens is 238 g/mol. The minimum absolute atomic E-state index is 0.430. The number of nitrogens with one attached hydrogen (secondary N) is 1. The summed E-state index contributed by atoms with van der Waals surface area (Å²) in [6, 6.07) is 8.30. The molecule has 19 heavy (non-hydrogen) atoms. The van der Waals surface area contributed by atoms with Crippen LogP contribution < -0.4 is 5.32 Å². The van der Waals surface area contributed by atoms with Crippen molar-refractivity contribution in [1.29, 1.82) is 0 Å². The van der Waals surface area contributed by atoms with E-state index in [0.29, 0.717) is 13.2 Å². The molecule has 2 N–H and O–H groups in total. The first-order chi connectivity index (χ1) is 9.29. The van der Waals surface area contributed by atoms with E-state index in [1.54, 1.807) is 0 Å². The van der Waals surface area contributed by atoms with Gasteiger partial charge in [-0.05, 0) is 36.8 Å². The van der Waals surface area contributed by atoms with E-state index in [-0.39, 0.29) is 0 Å². The van der Waals surface area contributed by atoms with Crippen molar-refractivity contribution in [3.63, 3.8) is 0 Å². The van der Waals surface area contributed by atoms with E-state index in [4.69, 9.17) is 4.74 Å². The summed E-state index contributed by atoms with van der Waals surface area (Å²) in [4.78, 5) is 0. The van der Waals surface area contributed by atoms with Crippen molar-refractivity contribution < 1.29 is 9.84 Å². The number of hydrogen-bond acceptors (Lipinski definition) is 3. The highest BCUT2D eigenvalue weighted by molar-refractivity contribution is 5.51. The average Bonchev–Trinajstić information content (AvgIpc) is 3.22. The molecule has 106 valence electrons. The van der Waals surface area contributed by atoms with Gasteiger partial charge < -0.3 is 15.2 Å². The number of ether oxygens (including phenoxy) is 1. The Labute approximate surface area is 116 Å². The number of aliphatic hydroxyl groups is 1. The van der Waals surface area contributed by atoms with Crippen LogP contribution in [0.5, 0.6) is 0 Å². The lowest BCUT2D eigenvalue weighted by atomic mass is 10.1. The molecule has 1 aliphatic rings. The van der Waals surface area contributed by atoms with E-state index in [2.05, 4.69) is 30.4 Å². The Balaban J connectivity index is 1.70. The lowest BCUT2D eigenvalue weighted by Gasteiger charge is -2.15. The van der Waals surface area contributed by atoms with Gasteiger partial charge in [0, 0.05) is 18.8 Å². The van der Waals surface area contributed by atoms with Crippen LogP contribution in [-0.2, 0) is 11.2 Å². The van der Waals surface area contributed by atoms with Crippen LogP contribution in [0, 0.1) is 5.92 Å². The molecule has 0 radical (unpaired) electrons. The molecule has 1 unspecified atom stereocenters. The van der Waals surface area contributed by atoms with Crippen molar-refractivity contribution >= 4 is 5.69 Å². The number of hydrogen-bond donors (Lipinski definition) is 2. The molecule has 1 aromatic carbocycles. The first kappa shape index (κ1) is 14.4. The molecule has 0 spiro atoms. The smallest absolute Gasteiger partial charge is 0.0945 e. The summed E-state index contributed by atoms with van der Waals surface area (Å²) in [6.45, 7) is 3.96. The number of anilines is 1. The van der Waals surface area contributed by atoms with Crippen LogP contribution in [0.4, 0.5) is 5.69 Å². The van der Waals surface area contributed by atoms with E-state index in [1.165, 1.54) is 18.4 Å². The van der Waals surface area contributed by atoms with E-state index in [1.807, 2.05) is 6.07 Å². The average molecular weight is 263 g/mol. The minimum Gasteiger partial charge on any atom is -0.389 e. The maximum Gasteiger partial charge on any atom is 0.0945 e.